The maximum absolute atomic E-state index is 11.6. The highest BCUT2D eigenvalue weighted by Crippen LogP contribution is 2.35. The van der Waals surface area contributed by atoms with Gasteiger partial charge in [0.15, 0.2) is 12.1 Å². The van der Waals surface area contributed by atoms with Crippen molar-refractivity contribution in [2.45, 2.75) is 26.7 Å². The second-order valence-electron chi connectivity index (χ2n) is 5.56. The van der Waals surface area contributed by atoms with Gasteiger partial charge < -0.3 is 11.1 Å². The molecule has 6 heteroatoms. The minimum atomic E-state index is 0.00167. The third-order valence-corrected chi connectivity index (χ3v) is 4.01. The molecular weight excluding hydrogens is 290 g/mol. The van der Waals surface area contributed by atoms with Crippen molar-refractivity contribution < 1.29 is 4.79 Å². The number of aldehydes is 1. The van der Waals surface area contributed by atoms with Crippen LogP contribution in [-0.4, -0.2) is 27.9 Å². The summed E-state index contributed by atoms with van der Waals surface area (Å²) in [5.74, 6) is 0.545. The summed E-state index contributed by atoms with van der Waals surface area (Å²) >= 11 is 0. The Morgan fingerprint density at radius 3 is 2.83 bits per heavy atom. The fraction of sp³-hybridized carbons (Fsp3) is 0.353. The Labute approximate surface area is 136 Å². The fourth-order valence-corrected chi connectivity index (χ4v) is 2.84. The van der Waals surface area contributed by atoms with Gasteiger partial charge in [0.2, 0.25) is 0 Å². The van der Waals surface area contributed by atoms with Crippen LogP contribution in [0.2, 0.25) is 0 Å². The molecule has 6 nitrogen and oxygen atoms in total. The number of rotatable bonds is 6. The number of hydrogen-bond donors (Lipinski definition) is 2. The number of nitrogen functional groups attached to an aromatic ring is 1. The molecule has 0 amide bonds. The summed E-state index contributed by atoms with van der Waals surface area (Å²) in [6.45, 7) is 6.09. The summed E-state index contributed by atoms with van der Waals surface area (Å²) in [4.78, 5) is 15.6. The van der Waals surface area contributed by atoms with Gasteiger partial charge in [-0.1, -0.05) is 25.2 Å². The number of nitrogens with zero attached hydrogens (tertiary/aromatic N) is 3. The van der Waals surface area contributed by atoms with Crippen molar-refractivity contribution in [2.75, 3.05) is 12.8 Å². The van der Waals surface area contributed by atoms with Crippen molar-refractivity contribution in [1.82, 2.24) is 19.9 Å². The van der Waals surface area contributed by atoms with Crippen LogP contribution in [-0.2, 0) is 0 Å². The average Bonchev–Trinajstić information content (AvgIpc) is 2.92. The lowest BCUT2D eigenvalue weighted by molar-refractivity contribution is 0.112. The van der Waals surface area contributed by atoms with Crippen LogP contribution >= 0.6 is 0 Å². The van der Waals surface area contributed by atoms with Gasteiger partial charge in [0.1, 0.15) is 11.8 Å². The Bertz CT molecular complexity index is 760. The lowest BCUT2D eigenvalue weighted by atomic mass is 9.84. The second-order valence-corrected chi connectivity index (χ2v) is 5.56. The maximum atomic E-state index is 11.6. The van der Waals surface area contributed by atoms with Crippen LogP contribution in [0.4, 0.5) is 5.82 Å². The molecule has 0 saturated carbocycles. The molecule has 0 aromatic carbocycles. The Morgan fingerprint density at radius 1 is 1.48 bits per heavy atom. The van der Waals surface area contributed by atoms with E-state index in [4.69, 9.17) is 5.73 Å². The highest BCUT2D eigenvalue weighted by atomic mass is 16.1. The zero-order chi connectivity index (χ0) is 17.0. The summed E-state index contributed by atoms with van der Waals surface area (Å²) in [6.07, 6.45) is 10.2. The minimum absolute atomic E-state index is 0.00167. The van der Waals surface area contributed by atoms with E-state index in [-0.39, 0.29) is 11.8 Å². The van der Waals surface area contributed by atoms with Gasteiger partial charge in [-0.2, -0.15) is 5.10 Å². The molecular formula is C17H23N5O. The molecule has 0 bridgehead atoms. The highest BCUT2D eigenvalue weighted by Gasteiger charge is 2.24. The average molecular weight is 313 g/mol. The first kappa shape index (κ1) is 16.7. The third-order valence-electron chi connectivity index (χ3n) is 4.01. The van der Waals surface area contributed by atoms with Gasteiger partial charge >= 0.3 is 0 Å². The molecule has 0 fully saturated rings. The molecule has 23 heavy (non-hydrogen) atoms. The normalized spacial score (nSPS) is 15.0. The summed E-state index contributed by atoms with van der Waals surface area (Å²) in [5.41, 5.74) is 9.27. The van der Waals surface area contributed by atoms with Gasteiger partial charge in [0.05, 0.1) is 0 Å². The number of carbonyl (C=O) groups excluding carboxylic acids is 1. The lowest BCUT2D eigenvalue weighted by Gasteiger charge is -2.20. The summed E-state index contributed by atoms with van der Waals surface area (Å²) in [6, 6.07) is 0. The minimum Gasteiger partial charge on any atom is -0.392 e. The molecule has 0 radical (unpaired) electrons. The second kappa shape index (κ2) is 7.09. The van der Waals surface area contributed by atoms with Gasteiger partial charge in [-0.25, -0.2) is 9.50 Å². The van der Waals surface area contributed by atoms with E-state index in [1.54, 1.807) is 10.7 Å². The molecule has 2 aromatic rings. The molecule has 0 aliphatic rings. The molecule has 0 spiro atoms. The number of nitrogens with one attached hydrogen (secondary N) is 1. The molecule has 122 valence electrons. The Hall–Kier alpha value is -2.63. The van der Waals surface area contributed by atoms with Crippen LogP contribution in [0.3, 0.4) is 0 Å². The number of carbonyl (C=O) groups is 1. The van der Waals surface area contributed by atoms with E-state index in [1.807, 2.05) is 27.0 Å². The standard InChI is InChI=1S/C17H23N5O/c1-5-6-14(11(2)7-12(3)19-4)15-13(9-23)8-22-16(15)17(18)20-10-21-22/h5-11,14,19H,1-4H3,(H2,18,20,21)/b6-5-,12-7+. The molecule has 2 unspecified atom stereocenters. The van der Waals surface area contributed by atoms with E-state index in [0.717, 1.165) is 17.5 Å². The van der Waals surface area contributed by atoms with E-state index in [0.29, 0.717) is 16.9 Å². The van der Waals surface area contributed by atoms with Crippen LogP contribution in [0.5, 0.6) is 0 Å². The molecule has 0 aliphatic heterocycles. The van der Waals surface area contributed by atoms with E-state index in [9.17, 15) is 4.79 Å². The van der Waals surface area contributed by atoms with Crippen molar-refractivity contribution in [3.63, 3.8) is 0 Å². The predicted octanol–water partition coefficient (Wildman–Crippen LogP) is 2.54. The molecule has 0 saturated heterocycles. The predicted molar refractivity (Wildman–Crippen MR) is 92.3 cm³/mol. The van der Waals surface area contributed by atoms with E-state index in [2.05, 4.69) is 34.5 Å². The molecule has 0 aliphatic carbocycles. The number of nitrogens with two attached hydrogens (primary N) is 1. The first-order valence-electron chi connectivity index (χ1n) is 7.59. The Kier molecular flexibility index (Phi) is 5.16. The largest absolute Gasteiger partial charge is 0.392 e. The van der Waals surface area contributed by atoms with Crippen LogP contribution in [0.15, 0.2) is 36.4 Å². The summed E-state index contributed by atoms with van der Waals surface area (Å²) in [7, 11) is 1.89. The lowest BCUT2D eigenvalue weighted by Crippen LogP contribution is -2.11. The van der Waals surface area contributed by atoms with Crippen LogP contribution < -0.4 is 11.1 Å². The van der Waals surface area contributed by atoms with E-state index in [1.165, 1.54) is 6.33 Å². The zero-order valence-electron chi connectivity index (χ0n) is 13.9. The molecule has 2 rings (SSSR count). The Balaban J connectivity index is 2.68. The number of anilines is 1. The highest BCUT2D eigenvalue weighted by molar-refractivity contribution is 5.86. The molecule has 2 aromatic heterocycles. The SMILES string of the molecule is C/C=C\C(c1c(C=O)cn2ncnc(N)c12)C(C)/C=C(\C)NC. The number of fused-ring (bicyclic) bond motifs is 1. The number of hydrogen-bond acceptors (Lipinski definition) is 5. The van der Waals surface area contributed by atoms with Gasteiger partial charge in [0, 0.05) is 36.0 Å². The first-order valence-corrected chi connectivity index (χ1v) is 7.59. The first-order chi connectivity index (χ1) is 11.0. The van der Waals surface area contributed by atoms with Gasteiger partial charge in [-0.05, 0) is 19.8 Å². The number of aromatic nitrogens is 3. The number of allylic oxidation sites excluding steroid dienone is 4. The van der Waals surface area contributed by atoms with Crippen molar-refractivity contribution in [3.05, 3.63) is 47.6 Å². The summed E-state index contributed by atoms with van der Waals surface area (Å²) < 4.78 is 1.62. The Morgan fingerprint density at radius 2 is 2.22 bits per heavy atom. The van der Waals surface area contributed by atoms with Crippen molar-refractivity contribution in [3.8, 4) is 0 Å². The fourth-order valence-electron chi connectivity index (χ4n) is 2.84. The van der Waals surface area contributed by atoms with Crippen molar-refractivity contribution >= 4 is 17.6 Å². The summed E-state index contributed by atoms with van der Waals surface area (Å²) in [5, 5.41) is 7.29. The van der Waals surface area contributed by atoms with Gasteiger partial charge in [0.25, 0.3) is 0 Å². The van der Waals surface area contributed by atoms with Gasteiger partial charge in [-0.3, -0.25) is 4.79 Å². The molecule has 2 atom stereocenters. The van der Waals surface area contributed by atoms with Crippen LogP contribution in [0, 0.1) is 5.92 Å². The van der Waals surface area contributed by atoms with Gasteiger partial charge in [-0.15, -0.1) is 0 Å². The maximum Gasteiger partial charge on any atom is 0.151 e. The van der Waals surface area contributed by atoms with Crippen molar-refractivity contribution in [2.24, 2.45) is 5.92 Å². The van der Waals surface area contributed by atoms with Crippen LogP contribution in [0.1, 0.15) is 42.6 Å². The van der Waals surface area contributed by atoms with E-state index >= 15 is 0 Å². The molecule has 3 N–H and O–H groups in total. The van der Waals surface area contributed by atoms with Crippen molar-refractivity contribution in [1.29, 1.82) is 0 Å². The quantitative estimate of drug-likeness (QED) is 0.632. The zero-order valence-corrected chi connectivity index (χ0v) is 13.9. The topological polar surface area (TPSA) is 85.3 Å². The smallest absolute Gasteiger partial charge is 0.151 e. The van der Waals surface area contributed by atoms with E-state index < -0.39 is 0 Å². The third kappa shape index (κ3) is 3.26. The monoisotopic (exact) mass is 313 g/mol. The van der Waals surface area contributed by atoms with Crippen LogP contribution in [0.25, 0.3) is 5.52 Å². The molecule has 2 heterocycles.